The quantitative estimate of drug-likeness (QED) is 0.356. The van der Waals surface area contributed by atoms with E-state index < -0.39 is 56.6 Å². The van der Waals surface area contributed by atoms with Crippen molar-refractivity contribution in [1.29, 1.82) is 5.26 Å². The minimum atomic E-state index is -1.22. The Morgan fingerprint density at radius 3 is 2.23 bits per heavy atom. The number of allylic oxidation sites excluding steroid dienone is 3. The zero-order valence-corrected chi connectivity index (χ0v) is 28.2. The normalized spacial score (nSPS) is 44.1. The van der Waals surface area contributed by atoms with Crippen molar-refractivity contribution in [3.63, 3.8) is 0 Å². The topological polar surface area (TPSA) is 123 Å². The molecular weight excluding hydrogens is 556 g/mol. The summed E-state index contributed by atoms with van der Waals surface area (Å²) in [5, 5.41) is 13.5. The number of alkyl carbamates (subject to hydrolysis) is 1. The van der Waals surface area contributed by atoms with E-state index in [4.69, 9.17) is 9.47 Å². The average molecular weight is 607 g/mol. The largest absolute Gasteiger partial charge is 0.469 e. The van der Waals surface area contributed by atoms with Crippen molar-refractivity contribution in [2.24, 2.45) is 50.7 Å². The number of amides is 1. The molecule has 3 fully saturated rings. The SMILES string of the molecule is COC(=O)[C@]12CCC(C)(C)C(C#N)[C@H]1[C@H]1C(=O)C=C3[C@@]4(C)C=CC(=O)[C@@](C)(NC(=O)OC(C)(C)C)[C@@H]4CC[C@@]3(C)[C@]1(C)CC2. The highest BCUT2D eigenvalue weighted by Crippen LogP contribution is 2.74. The number of methoxy groups -OCH3 is 1. The van der Waals surface area contributed by atoms with Crippen LogP contribution >= 0.6 is 0 Å². The Balaban J connectivity index is 1.64. The van der Waals surface area contributed by atoms with Gasteiger partial charge in [0.2, 0.25) is 0 Å². The summed E-state index contributed by atoms with van der Waals surface area (Å²) in [4.78, 5) is 54.8. The van der Waals surface area contributed by atoms with E-state index >= 15 is 0 Å². The van der Waals surface area contributed by atoms with E-state index in [0.29, 0.717) is 38.5 Å². The van der Waals surface area contributed by atoms with Crippen LogP contribution in [0.2, 0.25) is 0 Å². The summed E-state index contributed by atoms with van der Waals surface area (Å²) in [7, 11) is 1.41. The van der Waals surface area contributed by atoms with Gasteiger partial charge in [-0.15, -0.1) is 0 Å². The van der Waals surface area contributed by atoms with Crippen LogP contribution in [0, 0.1) is 62.1 Å². The molecule has 0 aromatic rings. The number of rotatable bonds is 2. The number of hydrogen-bond acceptors (Lipinski definition) is 7. The second-order valence-electron chi connectivity index (χ2n) is 16.9. The van der Waals surface area contributed by atoms with Gasteiger partial charge in [-0.3, -0.25) is 14.4 Å². The van der Waals surface area contributed by atoms with E-state index in [2.05, 4.69) is 46.0 Å². The van der Waals surface area contributed by atoms with Crippen molar-refractivity contribution < 1.29 is 28.7 Å². The first-order valence-corrected chi connectivity index (χ1v) is 16.2. The minimum absolute atomic E-state index is 0.0510. The molecule has 1 unspecified atom stereocenters. The van der Waals surface area contributed by atoms with Gasteiger partial charge in [0.05, 0.1) is 24.5 Å². The van der Waals surface area contributed by atoms with E-state index in [0.717, 1.165) is 5.57 Å². The monoisotopic (exact) mass is 606 g/mol. The molecule has 44 heavy (non-hydrogen) atoms. The summed E-state index contributed by atoms with van der Waals surface area (Å²) >= 11 is 0. The van der Waals surface area contributed by atoms with Crippen molar-refractivity contribution in [2.75, 3.05) is 7.11 Å². The smallest absolute Gasteiger partial charge is 0.408 e. The van der Waals surface area contributed by atoms with Crippen molar-refractivity contribution >= 4 is 23.6 Å². The highest BCUT2D eigenvalue weighted by molar-refractivity contribution is 6.02. The molecule has 8 nitrogen and oxygen atoms in total. The molecule has 0 aliphatic heterocycles. The van der Waals surface area contributed by atoms with E-state index in [1.165, 1.54) is 7.11 Å². The van der Waals surface area contributed by atoms with Crippen LogP contribution in [0.1, 0.15) is 101 Å². The molecule has 3 saturated carbocycles. The fourth-order valence-electron chi connectivity index (χ4n) is 10.6. The molecule has 0 saturated heterocycles. The highest BCUT2D eigenvalue weighted by Gasteiger charge is 2.73. The Kier molecular flexibility index (Phi) is 7.21. The summed E-state index contributed by atoms with van der Waals surface area (Å²) in [6.07, 6.45) is 8.50. The molecule has 9 atom stereocenters. The molecule has 5 rings (SSSR count). The van der Waals surface area contributed by atoms with E-state index in [9.17, 15) is 24.4 Å². The van der Waals surface area contributed by atoms with Crippen molar-refractivity contribution in [3.8, 4) is 6.07 Å². The number of nitrogens with zero attached hydrogens (tertiary/aromatic N) is 1. The summed E-state index contributed by atoms with van der Waals surface area (Å²) in [6, 6.07) is 2.57. The first-order valence-electron chi connectivity index (χ1n) is 16.2. The maximum atomic E-state index is 14.7. The molecule has 1 N–H and O–H groups in total. The van der Waals surface area contributed by atoms with E-state index in [1.54, 1.807) is 39.8 Å². The number of carbonyl (C=O) groups excluding carboxylic acids is 4. The molecule has 0 spiro atoms. The van der Waals surface area contributed by atoms with Gasteiger partial charge in [-0.2, -0.15) is 5.26 Å². The molecule has 0 aromatic heterocycles. The van der Waals surface area contributed by atoms with Gasteiger partial charge in [-0.05, 0) is 94.6 Å². The lowest BCUT2D eigenvalue weighted by Crippen LogP contribution is -2.69. The number of ether oxygens (including phenoxy) is 2. The van der Waals surface area contributed by atoms with Crippen LogP contribution in [-0.2, 0) is 23.9 Å². The number of ketones is 2. The Morgan fingerprint density at radius 2 is 1.64 bits per heavy atom. The van der Waals surface area contributed by atoms with Gasteiger partial charge in [0.15, 0.2) is 11.6 Å². The number of nitrogens with one attached hydrogen (secondary N) is 1. The number of esters is 1. The second kappa shape index (κ2) is 9.77. The highest BCUT2D eigenvalue weighted by atomic mass is 16.6. The molecule has 5 aliphatic carbocycles. The fourth-order valence-corrected chi connectivity index (χ4v) is 10.6. The number of fused-ring (bicyclic) bond motifs is 7. The lowest BCUT2D eigenvalue weighted by Gasteiger charge is -2.69. The van der Waals surface area contributed by atoms with Gasteiger partial charge >= 0.3 is 12.1 Å². The molecule has 0 bridgehead atoms. The predicted molar refractivity (Wildman–Crippen MR) is 165 cm³/mol. The summed E-state index contributed by atoms with van der Waals surface area (Å²) in [5.41, 5.74) is -3.87. The zero-order valence-electron chi connectivity index (χ0n) is 28.2. The van der Waals surface area contributed by atoms with E-state index in [-0.39, 0.29) is 28.9 Å². The average Bonchev–Trinajstić information content (AvgIpc) is 2.90. The number of hydrogen-bond donors (Lipinski definition) is 1. The minimum Gasteiger partial charge on any atom is -0.469 e. The molecule has 0 heterocycles. The van der Waals surface area contributed by atoms with Gasteiger partial charge in [0.25, 0.3) is 0 Å². The maximum Gasteiger partial charge on any atom is 0.408 e. The van der Waals surface area contributed by atoms with Crippen molar-refractivity contribution in [3.05, 3.63) is 23.8 Å². The molecule has 5 aliphatic rings. The van der Waals surface area contributed by atoms with Crippen LogP contribution in [0.5, 0.6) is 0 Å². The van der Waals surface area contributed by atoms with Crippen LogP contribution < -0.4 is 5.32 Å². The Morgan fingerprint density at radius 1 is 1.00 bits per heavy atom. The van der Waals surface area contributed by atoms with Crippen molar-refractivity contribution in [2.45, 2.75) is 112 Å². The third-order valence-corrected chi connectivity index (χ3v) is 13.2. The lowest BCUT2D eigenvalue weighted by molar-refractivity contribution is -0.197. The summed E-state index contributed by atoms with van der Waals surface area (Å²) in [6.45, 7) is 17.8. The zero-order chi connectivity index (χ0) is 32.9. The van der Waals surface area contributed by atoms with Gasteiger partial charge in [0, 0.05) is 23.2 Å². The van der Waals surface area contributed by atoms with Crippen LogP contribution in [0.25, 0.3) is 0 Å². The third kappa shape index (κ3) is 4.20. The summed E-state index contributed by atoms with van der Waals surface area (Å²) in [5.74, 6) is -2.31. The number of nitriles is 1. The molecule has 0 radical (unpaired) electrons. The van der Waals surface area contributed by atoms with Crippen LogP contribution in [0.3, 0.4) is 0 Å². The predicted octanol–water partition coefficient (Wildman–Crippen LogP) is 6.49. The first-order chi connectivity index (χ1) is 20.2. The Labute approximate surface area is 262 Å². The Bertz CT molecular complexity index is 1410. The molecular formula is C36H50N2O6. The third-order valence-electron chi connectivity index (χ3n) is 13.2. The van der Waals surface area contributed by atoms with Crippen LogP contribution in [-0.4, -0.2) is 41.9 Å². The van der Waals surface area contributed by atoms with Crippen molar-refractivity contribution in [1.82, 2.24) is 5.32 Å². The molecule has 240 valence electrons. The van der Waals surface area contributed by atoms with Gasteiger partial charge in [-0.25, -0.2) is 4.79 Å². The summed E-state index contributed by atoms with van der Waals surface area (Å²) < 4.78 is 11.0. The van der Waals surface area contributed by atoms with Crippen LogP contribution in [0.4, 0.5) is 4.79 Å². The standard InChI is InChI=1S/C36H50N2O6/c1-30(2,3)44-29(42)38-35(9)23-11-14-33(7)24(32(23,6)13-12-25(35)40)19-22(39)27-26-21(20-37)31(4,5)15-17-36(26,28(41)43-10)18-16-34(27,33)8/h12-13,19,21,23,26-27H,11,14-18H2,1-10H3,(H,38,42)/t21?,23-,26+,27-,32+,33-,34-,35+,36+/m1/s1. The second-order valence-corrected chi connectivity index (χ2v) is 16.9. The van der Waals surface area contributed by atoms with Crippen LogP contribution in [0.15, 0.2) is 23.8 Å². The van der Waals surface area contributed by atoms with E-state index in [1.807, 2.05) is 6.08 Å². The maximum absolute atomic E-state index is 14.7. The Hall–Kier alpha value is -2.95. The lowest BCUT2D eigenvalue weighted by atomic mass is 9.33. The van der Waals surface area contributed by atoms with Gasteiger partial charge in [-0.1, -0.05) is 46.3 Å². The molecule has 1 amide bonds. The fraction of sp³-hybridized carbons (Fsp3) is 0.750. The molecule has 0 aromatic carbocycles. The van der Waals surface area contributed by atoms with Gasteiger partial charge in [0.1, 0.15) is 11.1 Å². The number of carbonyl (C=O) groups is 4. The first kappa shape index (κ1) is 32.4. The van der Waals surface area contributed by atoms with Gasteiger partial charge < -0.3 is 14.8 Å². The molecule has 8 heteroatoms.